The molecular weight excluding hydrogens is 344 g/mol. The normalized spacial score (nSPS) is 22.3. The van der Waals surface area contributed by atoms with Crippen LogP contribution in [0.15, 0.2) is 30.3 Å². The van der Waals surface area contributed by atoms with E-state index in [-0.39, 0.29) is 12.5 Å². The lowest BCUT2D eigenvalue weighted by Crippen LogP contribution is -2.43. The molecule has 0 aromatic heterocycles. The lowest BCUT2D eigenvalue weighted by molar-refractivity contribution is -0.180. The molecular formula is C22H30O5. The summed E-state index contributed by atoms with van der Waals surface area (Å²) >= 11 is 0. The summed E-state index contributed by atoms with van der Waals surface area (Å²) in [5, 5.41) is 0. The minimum atomic E-state index is -1.24. The number of carbonyl (C=O) groups excluding carboxylic acids is 3. The van der Waals surface area contributed by atoms with Crippen LogP contribution in [0.1, 0.15) is 64.9 Å². The number of ether oxygens (including phenoxy) is 2. The van der Waals surface area contributed by atoms with Gasteiger partial charge < -0.3 is 14.3 Å². The highest BCUT2D eigenvalue weighted by Crippen LogP contribution is 2.46. The second kappa shape index (κ2) is 9.16. The Morgan fingerprint density at radius 1 is 1.19 bits per heavy atom. The molecule has 1 aliphatic rings. The van der Waals surface area contributed by atoms with Gasteiger partial charge in [0.25, 0.3) is 0 Å². The first kappa shape index (κ1) is 21.1. The van der Waals surface area contributed by atoms with Crippen molar-refractivity contribution in [3.8, 4) is 0 Å². The number of hydrogen-bond acceptors (Lipinski definition) is 5. The fourth-order valence-corrected chi connectivity index (χ4v) is 3.57. The van der Waals surface area contributed by atoms with Crippen LogP contribution in [0.5, 0.6) is 0 Å². The average molecular weight is 374 g/mol. The van der Waals surface area contributed by atoms with Gasteiger partial charge in [-0.2, -0.15) is 0 Å². The van der Waals surface area contributed by atoms with E-state index in [9.17, 15) is 14.4 Å². The Labute approximate surface area is 161 Å². The smallest absolute Gasteiger partial charge is 0.324 e. The van der Waals surface area contributed by atoms with E-state index in [1.54, 1.807) is 20.8 Å². The molecule has 1 fully saturated rings. The second-order valence-electron chi connectivity index (χ2n) is 8.35. The molecule has 148 valence electrons. The third kappa shape index (κ3) is 5.91. The number of esters is 2. The zero-order valence-corrected chi connectivity index (χ0v) is 16.5. The Morgan fingerprint density at radius 3 is 2.52 bits per heavy atom. The molecule has 0 saturated heterocycles. The molecule has 0 spiro atoms. The number of aldehydes is 1. The van der Waals surface area contributed by atoms with Crippen LogP contribution in [0.4, 0.5) is 0 Å². The molecule has 0 bridgehead atoms. The number of benzene rings is 1. The van der Waals surface area contributed by atoms with Crippen molar-refractivity contribution in [3.63, 3.8) is 0 Å². The van der Waals surface area contributed by atoms with Gasteiger partial charge in [0.2, 0.25) is 0 Å². The van der Waals surface area contributed by atoms with Gasteiger partial charge in [-0.05, 0) is 64.4 Å². The molecule has 2 atom stereocenters. The molecule has 0 amide bonds. The lowest BCUT2D eigenvalue weighted by Gasteiger charge is -2.29. The third-order valence-corrected chi connectivity index (χ3v) is 4.94. The van der Waals surface area contributed by atoms with E-state index in [2.05, 4.69) is 0 Å². The van der Waals surface area contributed by atoms with Crippen LogP contribution in [0, 0.1) is 11.3 Å². The summed E-state index contributed by atoms with van der Waals surface area (Å²) in [6.45, 7) is 5.53. The largest absolute Gasteiger partial charge is 0.460 e. The van der Waals surface area contributed by atoms with Gasteiger partial charge in [-0.1, -0.05) is 30.3 Å². The summed E-state index contributed by atoms with van der Waals surface area (Å²) in [4.78, 5) is 36.4. The highest BCUT2D eigenvalue weighted by Gasteiger charge is 2.54. The van der Waals surface area contributed by atoms with Crippen molar-refractivity contribution in [2.24, 2.45) is 11.3 Å². The maximum absolute atomic E-state index is 13.0. The lowest BCUT2D eigenvalue weighted by atomic mass is 9.84. The highest BCUT2D eigenvalue weighted by molar-refractivity contribution is 6.00. The summed E-state index contributed by atoms with van der Waals surface area (Å²) in [6.07, 6.45) is 4.64. The first-order valence-electron chi connectivity index (χ1n) is 9.65. The molecule has 1 aromatic rings. The minimum absolute atomic E-state index is 0.139. The molecule has 1 aliphatic carbocycles. The van der Waals surface area contributed by atoms with Crippen molar-refractivity contribution in [2.45, 2.75) is 71.5 Å². The van der Waals surface area contributed by atoms with Gasteiger partial charge in [0.05, 0.1) is 0 Å². The van der Waals surface area contributed by atoms with Crippen LogP contribution in [0.25, 0.3) is 0 Å². The number of hydrogen-bond donors (Lipinski definition) is 0. The van der Waals surface area contributed by atoms with Crippen LogP contribution >= 0.6 is 0 Å². The van der Waals surface area contributed by atoms with Crippen LogP contribution in [-0.4, -0.2) is 23.8 Å². The summed E-state index contributed by atoms with van der Waals surface area (Å²) in [5.74, 6) is -0.772. The zero-order valence-electron chi connectivity index (χ0n) is 16.5. The molecule has 0 heterocycles. The summed E-state index contributed by atoms with van der Waals surface area (Å²) in [5.41, 5.74) is -1.03. The molecule has 0 N–H and O–H groups in total. The van der Waals surface area contributed by atoms with Gasteiger partial charge in [-0.25, -0.2) is 0 Å². The molecule has 5 heteroatoms. The SMILES string of the molecule is CC(C)(C)OC(=O)C1(C(=O)OCc2ccccc2)CCC(CCCC=O)C1. The Balaban J connectivity index is 2.10. The predicted octanol–water partition coefficient (Wildman–Crippen LogP) is 4.23. The van der Waals surface area contributed by atoms with Crippen LogP contribution in [0.3, 0.4) is 0 Å². The van der Waals surface area contributed by atoms with Crippen LogP contribution < -0.4 is 0 Å². The average Bonchev–Trinajstić information content (AvgIpc) is 3.05. The van der Waals surface area contributed by atoms with Crippen molar-refractivity contribution >= 4 is 18.2 Å². The second-order valence-corrected chi connectivity index (χ2v) is 8.35. The zero-order chi connectivity index (χ0) is 19.9. The molecule has 0 radical (unpaired) electrons. The minimum Gasteiger partial charge on any atom is -0.460 e. The van der Waals surface area contributed by atoms with Gasteiger partial charge >= 0.3 is 11.9 Å². The maximum Gasteiger partial charge on any atom is 0.324 e. The summed E-state index contributed by atoms with van der Waals surface area (Å²) < 4.78 is 11.1. The Bertz CT molecular complexity index is 646. The van der Waals surface area contributed by atoms with E-state index < -0.39 is 23.0 Å². The monoisotopic (exact) mass is 374 g/mol. The number of unbranched alkanes of at least 4 members (excludes halogenated alkanes) is 1. The Morgan fingerprint density at radius 2 is 1.89 bits per heavy atom. The van der Waals surface area contributed by atoms with Crippen molar-refractivity contribution in [2.75, 3.05) is 0 Å². The molecule has 1 saturated carbocycles. The molecule has 1 aromatic carbocycles. The van der Waals surface area contributed by atoms with Crippen molar-refractivity contribution in [1.29, 1.82) is 0 Å². The van der Waals surface area contributed by atoms with Gasteiger partial charge in [0.1, 0.15) is 18.5 Å². The highest BCUT2D eigenvalue weighted by atomic mass is 16.6. The topological polar surface area (TPSA) is 69.7 Å². The van der Waals surface area contributed by atoms with Gasteiger partial charge in [0, 0.05) is 6.42 Å². The summed E-state index contributed by atoms with van der Waals surface area (Å²) in [6, 6.07) is 9.42. The van der Waals surface area contributed by atoms with Crippen LogP contribution in [0.2, 0.25) is 0 Å². The Kier molecular flexibility index (Phi) is 7.17. The van der Waals surface area contributed by atoms with Gasteiger partial charge in [0.15, 0.2) is 5.41 Å². The standard InChI is InChI=1S/C22H30O5/c1-21(2,3)27-20(25)22(13-12-17(15-22)9-7-8-14-23)19(24)26-16-18-10-5-4-6-11-18/h4-6,10-11,14,17H,7-9,12-13,15-16H2,1-3H3. The van der Waals surface area contributed by atoms with Gasteiger partial charge in [-0.3, -0.25) is 9.59 Å². The van der Waals surface area contributed by atoms with Gasteiger partial charge in [-0.15, -0.1) is 0 Å². The molecule has 5 nitrogen and oxygen atoms in total. The fraction of sp³-hybridized carbons (Fsp3) is 0.591. The third-order valence-electron chi connectivity index (χ3n) is 4.94. The molecule has 2 rings (SSSR count). The van der Waals surface area contributed by atoms with E-state index in [0.29, 0.717) is 19.3 Å². The van der Waals surface area contributed by atoms with Crippen LogP contribution in [-0.2, 0) is 30.5 Å². The molecule has 2 unspecified atom stereocenters. The Hall–Kier alpha value is -2.17. The van der Waals surface area contributed by atoms with Crippen molar-refractivity contribution < 1.29 is 23.9 Å². The predicted molar refractivity (Wildman–Crippen MR) is 102 cm³/mol. The van der Waals surface area contributed by atoms with Crippen molar-refractivity contribution in [1.82, 2.24) is 0 Å². The maximum atomic E-state index is 13.0. The number of carbonyl (C=O) groups is 3. The van der Waals surface area contributed by atoms with E-state index in [4.69, 9.17) is 9.47 Å². The number of rotatable bonds is 8. The van der Waals surface area contributed by atoms with E-state index >= 15 is 0 Å². The molecule has 27 heavy (non-hydrogen) atoms. The van der Waals surface area contributed by atoms with E-state index in [0.717, 1.165) is 31.1 Å². The quantitative estimate of drug-likeness (QED) is 0.295. The fourth-order valence-electron chi connectivity index (χ4n) is 3.57. The summed E-state index contributed by atoms with van der Waals surface area (Å²) in [7, 11) is 0. The molecule has 0 aliphatic heterocycles. The van der Waals surface area contributed by atoms with Crippen molar-refractivity contribution in [3.05, 3.63) is 35.9 Å². The first-order valence-corrected chi connectivity index (χ1v) is 9.65. The first-order chi connectivity index (χ1) is 12.8. The van der Waals surface area contributed by atoms with E-state index in [1.165, 1.54) is 0 Å². The van der Waals surface area contributed by atoms with E-state index in [1.807, 2.05) is 30.3 Å².